The number of carbonyl (C=O) groups is 1. The smallest absolute Gasteiger partial charge is 0.255 e. The Labute approximate surface area is 254 Å². The number of β-amino-alcohol motifs (C(OH)–C–C–N with tert-alkyl or cyclic N) is 1. The van der Waals surface area contributed by atoms with Crippen LogP contribution in [0.1, 0.15) is 55.2 Å². The number of amides is 1. The number of nitrogens with zero attached hydrogens (tertiary/aromatic N) is 2. The molecule has 42 heavy (non-hydrogen) atoms. The Morgan fingerprint density at radius 2 is 1.95 bits per heavy atom. The summed E-state index contributed by atoms with van der Waals surface area (Å²) in [7, 11) is 0. The third kappa shape index (κ3) is 6.85. The summed E-state index contributed by atoms with van der Waals surface area (Å²) in [5.41, 5.74) is 6.57. The molecule has 2 aromatic rings. The van der Waals surface area contributed by atoms with Crippen LogP contribution in [0.5, 0.6) is 5.75 Å². The molecular formula is C31H39ClN3O6S-. The van der Waals surface area contributed by atoms with Crippen LogP contribution in [0.25, 0.3) is 0 Å². The Morgan fingerprint density at radius 3 is 2.69 bits per heavy atom. The van der Waals surface area contributed by atoms with Crippen LogP contribution in [-0.4, -0.2) is 61.5 Å². The van der Waals surface area contributed by atoms with Gasteiger partial charge < -0.3 is 30.1 Å². The van der Waals surface area contributed by atoms with Crippen molar-refractivity contribution in [2.75, 3.05) is 31.1 Å². The van der Waals surface area contributed by atoms with Gasteiger partial charge in [-0.15, -0.1) is 0 Å². The molecule has 1 saturated carbocycles. The highest BCUT2D eigenvalue weighted by Crippen LogP contribution is 2.41. The summed E-state index contributed by atoms with van der Waals surface area (Å²) in [6, 6.07) is 10.8. The summed E-state index contributed by atoms with van der Waals surface area (Å²) < 4.78 is 31.6. The first kappa shape index (κ1) is 31.0. The van der Waals surface area contributed by atoms with E-state index in [0.717, 1.165) is 47.5 Å². The number of anilines is 1. The molecule has 1 fully saturated rings. The van der Waals surface area contributed by atoms with Gasteiger partial charge in [0.15, 0.2) is 5.60 Å². The molecule has 2 aromatic carbocycles. The summed E-state index contributed by atoms with van der Waals surface area (Å²) in [5.74, 6) is -0.0887. The monoisotopic (exact) mass is 616 g/mol. The average molecular weight is 617 g/mol. The van der Waals surface area contributed by atoms with Gasteiger partial charge >= 0.3 is 0 Å². The largest absolute Gasteiger partial charge is 0.760 e. The van der Waals surface area contributed by atoms with Crippen LogP contribution in [0.3, 0.4) is 0 Å². The van der Waals surface area contributed by atoms with Crippen LogP contribution >= 0.6 is 11.6 Å². The normalized spacial score (nSPS) is 29.0. The zero-order valence-electron chi connectivity index (χ0n) is 23.6. The summed E-state index contributed by atoms with van der Waals surface area (Å²) >= 11 is 3.61. The van der Waals surface area contributed by atoms with Crippen LogP contribution in [0.2, 0.25) is 5.02 Å². The summed E-state index contributed by atoms with van der Waals surface area (Å²) in [6.07, 6.45) is 8.68. The second-order valence-electron chi connectivity index (χ2n) is 11.7. The lowest BCUT2D eigenvalue weighted by atomic mass is 9.70. The lowest BCUT2D eigenvalue weighted by Crippen LogP contribution is -2.50. The van der Waals surface area contributed by atoms with E-state index >= 15 is 0 Å². The third-order valence-electron chi connectivity index (χ3n) is 8.96. The van der Waals surface area contributed by atoms with Crippen molar-refractivity contribution in [2.24, 2.45) is 17.6 Å². The number of hydrogen-bond donors (Lipinski definition) is 3. The fourth-order valence-electron chi connectivity index (χ4n) is 6.29. The van der Waals surface area contributed by atoms with Gasteiger partial charge in [-0.1, -0.05) is 35.9 Å². The van der Waals surface area contributed by atoms with E-state index in [1.165, 1.54) is 0 Å². The Balaban J connectivity index is 1.58. The average Bonchev–Trinajstić information content (AvgIpc) is 2.96. The molecule has 9 nitrogen and oxygen atoms in total. The van der Waals surface area contributed by atoms with E-state index < -0.39 is 35.4 Å². The second kappa shape index (κ2) is 13.4. The van der Waals surface area contributed by atoms with Crippen molar-refractivity contribution < 1.29 is 28.5 Å². The topological polar surface area (TPSA) is 139 Å². The van der Waals surface area contributed by atoms with Crippen molar-refractivity contribution in [1.29, 1.82) is 0 Å². The molecule has 1 aliphatic carbocycles. The van der Waals surface area contributed by atoms with E-state index in [9.17, 15) is 23.8 Å². The van der Waals surface area contributed by atoms with Crippen LogP contribution in [0.15, 0.2) is 48.6 Å². The van der Waals surface area contributed by atoms with Gasteiger partial charge in [0.1, 0.15) is 12.4 Å². The minimum absolute atomic E-state index is 0.0851. The number of ether oxygens (including phenoxy) is 1. The van der Waals surface area contributed by atoms with E-state index in [1.807, 2.05) is 30.4 Å². The number of aliphatic hydroxyl groups excluding tert-OH is 1. The quantitative estimate of drug-likeness (QED) is 0.346. The van der Waals surface area contributed by atoms with Crippen LogP contribution in [0.4, 0.5) is 5.69 Å². The molecule has 3 aliphatic rings. The van der Waals surface area contributed by atoms with Crippen molar-refractivity contribution in [3.8, 4) is 5.75 Å². The van der Waals surface area contributed by atoms with Gasteiger partial charge in [-0.25, -0.2) is 4.31 Å². The number of halogens is 1. The van der Waals surface area contributed by atoms with Crippen molar-refractivity contribution in [3.05, 3.63) is 70.3 Å². The first-order valence-corrected chi connectivity index (χ1v) is 16.1. The SMILES string of the molecule is NC(=O)C1(O)CN(S(=O)[O-])CCC/C=C/[C@H](O)[C@@H]2CC[C@H]2CN2CCCCc3cc(Cl)ccc3COc3ccc1cc32. The zero-order chi connectivity index (χ0) is 29.9. The molecule has 0 spiro atoms. The fourth-order valence-corrected chi connectivity index (χ4v) is 7.05. The number of carbonyl (C=O) groups excluding carboxylic acids is 1. The minimum Gasteiger partial charge on any atom is -0.760 e. The molecule has 2 aliphatic heterocycles. The number of nitrogens with two attached hydrogens (primary N) is 1. The van der Waals surface area contributed by atoms with Crippen molar-refractivity contribution in [2.45, 2.75) is 63.3 Å². The molecule has 5 atom stereocenters. The number of aryl methyl sites for hydroxylation is 1. The van der Waals surface area contributed by atoms with E-state index in [4.69, 9.17) is 22.1 Å². The van der Waals surface area contributed by atoms with Gasteiger partial charge in [-0.2, -0.15) is 0 Å². The summed E-state index contributed by atoms with van der Waals surface area (Å²) in [6.45, 7) is 1.24. The molecule has 0 saturated heterocycles. The predicted molar refractivity (Wildman–Crippen MR) is 162 cm³/mol. The van der Waals surface area contributed by atoms with Crippen LogP contribution in [-0.2, 0) is 34.7 Å². The maximum atomic E-state index is 12.8. The van der Waals surface area contributed by atoms with Crippen molar-refractivity contribution in [1.82, 2.24) is 4.31 Å². The van der Waals surface area contributed by atoms with Gasteiger partial charge in [0.25, 0.3) is 5.91 Å². The van der Waals surface area contributed by atoms with E-state index in [0.29, 0.717) is 49.0 Å². The highest BCUT2D eigenvalue weighted by molar-refractivity contribution is 7.76. The summed E-state index contributed by atoms with van der Waals surface area (Å²) in [5, 5.41) is 23.3. The molecule has 228 valence electrons. The maximum absolute atomic E-state index is 12.8. The van der Waals surface area contributed by atoms with Gasteiger partial charge in [0.05, 0.1) is 18.3 Å². The number of rotatable bonds is 2. The van der Waals surface area contributed by atoms with E-state index in [-0.39, 0.29) is 23.9 Å². The first-order chi connectivity index (χ1) is 20.2. The molecule has 11 heteroatoms. The van der Waals surface area contributed by atoms with Crippen molar-refractivity contribution >= 4 is 34.5 Å². The Morgan fingerprint density at radius 1 is 1.12 bits per heavy atom. The molecule has 4 N–H and O–H groups in total. The Kier molecular flexibility index (Phi) is 9.92. The zero-order valence-corrected chi connectivity index (χ0v) is 25.2. The minimum atomic E-state index is -2.69. The van der Waals surface area contributed by atoms with Gasteiger partial charge in [0, 0.05) is 35.9 Å². The molecule has 2 heterocycles. The van der Waals surface area contributed by atoms with Gasteiger partial charge in [0.2, 0.25) is 0 Å². The maximum Gasteiger partial charge on any atom is 0.255 e. The number of aliphatic hydroxyl groups is 2. The highest BCUT2D eigenvalue weighted by atomic mass is 35.5. The van der Waals surface area contributed by atoms with E-state index in [1.54, 1.807) is 18.2 Å². The number of fused-ring (bicyclic) bond motifs is 3. The van der Waals surface area contributed by atoms with Crippen LogP contribution < -0.4 is 15.4 Å². The van der Waals surface area contributed by atoms with Gasteiger partial charge in [-0.3, -0.25) is 9.00 Å². The fraction of sp³-hybridized carbons (Fsp3) is 0.516. The summed E-state index contributed by atoms with van der Waals surface area (Å²) in [4.78, 5) is 15.0. The molecule has 0 aromatic heterocycles. The predicted octanol–water partition coefficient (Wildman–Crippen LogP) is 3.57. The Hall–Kier alpha value is -2.47. The lowest BCUT2D eigenvalue weighted by Gasteiger charge is -2.43. The van der Waals surface area contributed by atoms with Crippen LogP contribution in [0, 0.1) is 11.8 Å². The number of hydrogen-bond acceptors (Lipinski definition) is 7. The van der Waals surface area contributed by atoms with Crippen molar-refractivity contribution in [3.63, 3.8) is 0 Å². The molecular weight excluding hydrogens is 578 g/mol. The standard InChI is InChI=1S/C31H40ClN3O6S/c32-25-11-8-23-19-41-29-13-10-24-17-27(29)34(14-5-3-6-21(23)16-25)18-22-9-12-26(22)28(36)7-2-1-4-15-35(42(39)40)20-31(24,38)30(33)37/h2,7-8,10-11,13,16-17,22,26,28,36,38H,1,3-6,9,12,14-15,18-20H2,(H2,33,37)(H,39,40)/p-1/b7-2+/t22-,26+,28-,31?/m0/s1. The number of benzene rings is 2. The molecule has 2 unspecified atom stereocenters. The number of primary amides is 1. The number of allylic oxidation sites excluding steroid dienone is 1. The molecule has 2 bridgehead atoms. The van der Waals surface area contributed by atoms with Gasteiger partial charge in [-0.05, 0) is 97.7 Å². The molecule has 0 radical (unpaired) electrons. The van der Waals surface area contributed by atoms with E-state index in [2.05, 4.69) is 4.90 Å². The highest BCUT2D eigenvalue weighted by Gasteiger charge is 2.40. The molecule has 1 amide bonds. The first-order valence-electron chi connectivity index (χ1n) is 14.7. The molecule has 5 rings (SSSR count). The third-order valence-corrected chi connectivity index (χ3v) is 9.93. The second-order valence-corrected chi connectivity index (χ2v) is 13.0. The Bertz CT molecular complexity index is 1340. The lowest BCUT2D eigenvalue weighted by molar-refractivity contribution is -0.138.